The molecule has 0 aliphatic heterocycles. The zero-order chi connectivity index (χ0) is 14.3. The maximum atomic E-state index is 11.5. The maximum absolute atomic E-state index is 11.5. The summed E-state index contributed by atoms with van der Waals surface area (Å²) in [6, 6.07) is -1.62. The molecule has 1 aromatic rings. The number of thiazole rings is 1. The van der Waals surface area contributed by atoms with Crippen molar-refractivity contribution in [3.63, 3.8) is 0 Å². The molecule has 0 saturated carbocycles. The van der Waals surface area contributed by atoms with Crippen LogP contribution in [-0.2, 0) is 22.5 Å². The Morgan fingerprint density at radius 2 is 2.32 bits per heavy atom. The molecule has 106 valence electrons. The molecule has 0 saturated heterocycles. The Morgan fingerprint density at radius 3 is 2.84 bits per heavy atom. The van der Waals surface area contributed by atoms with Gasteiger partial charge in [-0.3, -0.25) is 0 Å². The summed E-state index contributed by atoms with van der Waals surface area (Å²) in [6.07, 6.45) is 2.67. The summed E-state index contributed by atoms with van der Waals surface area (Å²) in [5.41, 5.74) is 0. The quantitative estimate of drug-likeness (QED) is 0.682. The van der Waals surface area contributed by atoms with E-state index in [1.54, 1.807) is 6.20 Å². The van der Waals surface area contributed by atoms with E-state index < -0.39 is 18.0 Å². The van der Waals surface area contributed by atoms with Gasteiger partial charge < -0.3 is 20.5 Å². The summed E-state index contributed by atoms with van der Waals surface area (Å²) >= 11 is 1.52. The molecule has 1 rings (SSSR count). The highest BCUT2D eigenvalue weighted by Gasteiger charge is 2.19. The highest BCUT2D eigenvalue weighted by Crippen LogP contribution is 2.12. The Morgan fingerprint density at radius 1 is 1.58 bits per heavy atom. The van der Waals surface area contributed by atoms with Gasteiger partial charge in [-0.05, 0) is 6.42 Å². The number of carboxylic acid groups (broad SMARTS) is 1. The third-order valence-corrected chi connectivity index (χ3v) is 3.43. The van der Waals surface area contributed by atoms with Gasteiger partial charge in [0.2, 0.25) is 0 Å². The van der Waals surface area contributed by atoms with Gasteiger partial charge in [0.1, 0.15) is 5.01 Å². The van der Waals surface area contributed by atoms with E-state index in [9.17, 15) is 9.59 Å². The molecule has 0 radical (unpaired) electrons. The average Bonchev–Trinajstić information content (AvgIpc) is 2.83. The van der Waals surface area contributed by atoms with E-state index in [-0.39, 0.29) is 13.2 Å². The van der Waals surface area contributed by atoms with Crippen molar-refractivity contribution in [1.29, 1.82) is 0 Å². The van der Waals surface area contributed by atoms with Crippen molar-refractivity contribution in [1.82, 2.24) is 15.6 Å². The van der Waals surface area contributed by atoms with Crippen molar-refractivity contribution in [2.75, 3.05) is 13.7 Å². The number of urea groups is 1. The number of rotatable bonds is 7. The van der Waals surface area contributed by atoms with E-state index in [0.717, 1.165) is 16.3 Å². The van der Waals surface area contributed by atoms with E-state index in [1.165, 1.54) is 18.4 Å². The Bertz CT molecular complexity index is 435. The molecule has 2 amide bonds. The van der Waals surface area contributed by atoms with Gasteiger partial charge in [0.25, 0.3) is 0 Å². The van der Waals surface area contributed by atoms with E-state index in [0.29, 0.717) is 0 Å². The number of ether oxygens (including phenoxy) is 1. The van der Waals surface area contributed by atoms with Gasteiger partial charge in [-0.2, -0.15) is 0 Å². The number of amides is 2. The van der Waals surface area contributed by atoms with Gasteiger partial charge in [-0.1, -0.05) is 6.92 Å². The fourth-order valence-electron chi connectivity index (χ4n) is 1.30. The van der Waals surface area contributed by atoms with Crippen LogP contribution in [0.15, 0.2) is 6.20 Å². The number of carboxylic acids is 1. The largest absolute Gasteiger partial charge is 0.480 e. The molecule has 19 heavy (non-hydrogen) atoms. The van der Waals surface area contributed by atoms with Crippen LogP contribution in [-0.4, -0.2) is 41.8 Å². The van der Waals surface area contributed by atoms with Crippen LogP contribution < -0.4 is 10.6 Å². The zero-order valence-corrected chi connectivity index (χ0v) is 11.6. The van der Waals surface area contributed by atoms with Gasteiger partial charge in [0, 0.05) is 18.2 Å². The van der Waals surface area contributed by atoms with Crippen LogP contribution >= 0.6 is 11.3 Å². The van der Waals surface area contributed by atoms with Crippen molar-refractivity contribution in [2.45, 2.75) is 25.9 Å². The lowest BCUT2D eigenvalue weighted by molar-refractivity contribution is -0.140. The number of nitrogens with one attached hydrogen (secondary N) is 2. The summed E-state index contributed by atoms with van der Waals surface area (Å²) in [4.78, 5) is 27.6. The van der Waals surface area contributed by atoms with E-state index >= 15 is 0 Å². The second-order valence-electron chi connectivity index (χ2n) is 3.75. The molecule has 0 aliphatic rings. The van der Waals surface area contributed by atoms with Crippen LogP contribution in [0, 0.1) is 0 Å². The lowest BCUT2D eigenvalue weighted by Gasteiger charge is -2.13. The van der Waals surface area contributed by atoms with Crippen molar-refractivity contribution >= 4 is 23.3 Å². The molecule has 1 heterocycles. The summed E-state index contributed by atoms with van der Waals surface area (Å²) in [5, 5.41) is 14.5. The maximum Gasteiger partial charge on any atom is 0.328 e. The van der Waals surface area contributed by atoms with Gasteiger partial charge >= 0.3 is 12.0 Å². The van der Waals surface area contributed by atoms with Crippen molar-refractivity contribution < 1.29 is 19.4 Å². The van der Waals surface area contributed by atoms with Gasteiger partial charge in [-0.25, -0.2) is 14.6 Å². The molecule has 1 aromatic heterocycles. The number of hydrogen-bond acceptors (Lipinski definition) is 5. The number of methoxy groups -OCH3 is 1. The minimum absolute atomic E-state index is 0.0833. The fraction of sp³-hybridized carbons (Fsp3) is 0.545. The number of aliphatic carboxylic acids is 1. The molecule has 1 unspecified atom stereocenters. The SMILES string of the molecule is CCc1cnc(CNC(=O)NC(COC)C(=O)O)s1. The second kappa shape index (κ2) is 7.70. The molecule has 8 heteroatoms. The molecule has 1 atom stereocenters. The minimum atomic E-state index is -1.14. The van der Waals surface area contributed by atoms with Gasteiger partial charge in [0.05, 0.1) is 13.2 Å². The predicted octanol–water partition coefficient (Wildman–Crippen LogP) is 0.604. The first-order chi connectivity index (χ1) is 9.06. The molecular weight excluding hydrogens is 270 g/mol. The Balaban J connectivity index is 2.40. The number of aryl methyl sites for hydroxylation is 1. The summed E-state index contributed by atoms with van der Waals surface area (Å²) in [6.45, 7) is 2.22. The number of hydrogen-bond donors (Lipinski definition) is 3. The van der Waals surface area contributed by atoms with Crippen LogP contribution in [0.2, 0.25) is 0 Å². The van der Waals surface area contributed by atoms with E-state index in [4.69, 9.17) is 9.84 Å². The number of carbonyl (C=O) groups excluding carboxylic acids is 1. The normalized spacial score (nSPS) is 11.9. The Kier molecular flexibility index (Phi) is 6.23. The smallest absolute Gasteiger partial charge is 0.328 e. The Hall–Kier alpha value is -1.67. The fourth-order valence-corrected chi connectivity index (χ4v) is 2.10. The van der Waals surface area contributed by atoms with E-state index in [1.807, 2.05) is 6.92 Å². The van der Waals surface area contributed by atoms with Gasteiger partial charge in [-0.15, -0.1) is 11.3 Å². The standard InChI is InChI=1S/C11H17N3O4S/c1-3-7-4-12-9(19-7)5-13-11(17)14-8(6-18-2)10(15)16/h4,8H,3,5-6H2,1-2H3,(H,15,16)(H2,13,14,17). The summed E-state index contributed by atoms with van der Waals surface area (Å²) in [5.74, 6) is -1.14. The minimum Gasteiger partial charge on any atom is -0.480 e. The first-order valence-electron chi connectivity index (χ1n) is 5.76. The topological polar surface area (TPSA) is 101 Å². The molecule has 7 nitrogen and oxygen atoms in total. The number of nitrogens with zero attached hydrogens (tertiary/aromatic N) is 1. The molecule has 0 fully saturated rings. The molecule has 3 N–H and O–H groups in total. The highest BCUT2D eigenvalue weighted by molar-refractivity contribution is 7.11. The number of aromatic nitrogens is 1. The van der Waals surface area contributed by atoms with E-state index in [2.05, 4.69) is 15.6 Å². The van der Waals surface area contributed by atoms with Crippen LogP contribution in [0.25, 0.3) is 0 Å². The monoisotopic (exact) mass is 287 g/mol. The lowest BCUT2D eigenvalue weighted by atomic mass is 10.3. The van der Waals surface area contributed by atoms with Crippen LogP contribution in [0.1, 0.15) is 16.8 Å². The third kappa shape index (κ3) is 5.23. The Labute approximate surface area is 115 Å². The number of carbonyl (C=O) groups is 2. The second-order valence-corrected chi connectivity index (χ2v) is 4.95. The predicted molar refractivity (Wildman–Crippen MR) is 70.2 cm³/mol. The first-order valence-corrected chi connectivity index (χ1v) is 6.58. The lowest BCUT2D eigenvalue weighted by Crippen LogP contribution is -2.48. The summed E-state index contributed by atoms with van der Waals surface area (Å²) in [7, 11) is 1.37. The average molecular weight is 287 g/mol. The van der Waals surface area contributed by atoms with Crippen molar-refractivity contribution in [3.05, 3.63) is 16.1 Å². The third-order valence-electron chi connectivity index (χ3n) is 2.29. The first kappa shape index (κ1) is 15.4. The molecule has 0 spiro atoms. The zero-order valence-electron chi connectivity index (χ0n) is 10.8. The molecular formula is C11H17N3O4S. The molecule has 0 aromatic carbocycles. The van der Waals surface area contributed by atoms with Crippen LogP contribution in [0.3, 0.4) is 0 Å². The summed E-state index contributed by atoms with van der Waals surface area (Å²) < 4.78 is 4.71. The molecule has 0 aliphatic carbocycles. The van der Waals surface area contributed by atoms with Crippen molar-refractivity contribution in [3.8, 4) is 0 Å². The molecule has 0 bridgehead atoms. The van der Waals surface area contributed by atoms with Gasteiger partial charge in [0.15, 0.2) is 6.04 Å². The highest BCUT2D eigenvalue weighted by atomic mass is 32.1. The van der Waals surface area contributed by atoms with Crippen molar-refractivity contribution in [2.24, 2.45) is 0 Å². The van der Waals surface area contributed by atoms with Crippen LogP contribution in [0.5, 0.6) is 0 Å². The van der Waals surface area contributed by atoms with Crippen LogP contribution in [0.4, 0.5) is 4.79 Å².